The van der Waals surface area contributed by atoms with Crippen molar-refractivity contribution in [3.63, 3.8) is 0 Å². The molecular formula is C25H17BrF3N3O4. The minimum Gasteiger partial charge on any atom is -0.493 e. The van der Waals surface area contributed by atoms with E-state index in [0.717, 1.165) is 29.2 Å². The highest BCUT2D eigenvalue weighted by Crippen LogP contribution is 2.37. The van der Waals surface area contributed by atoms with Gasteiger partial charge in [0.05, 0.1) is 16.8 Å². The Morgan fingerprint density at radius 2 is 1.78 bits per heavy atom. The highest BCUT2D eigenvalue weighted by molar-refractivity contribution is 9.10. The number of anilines is 2. The van der Waals surface area contributed by atoms with E-state index in [1.165, 1.54) is 42.9 Å². The lowest BCUT2D eigenvalue weighted by molar-refractivity contribution is 0.0993. The Kier molecular flexibility index (Phi) is 7.39. The number of nitrogens with zero attached hydrogens (tertiary/aromatic N) is 2. The van der Waals surface area contributed by atoms with E-state index in [9.17, 15) is 14.0 Å². The summed E-state index contributed by atoms with van der Waals surface area (Å²) in [5, 5.41) is 0. The summed E-state index contributed by atoms with van der Waals surface area (Å²) in [6.07, 6.45) is 4.11. The number of benzene rings is 2. The van der Waals surface area contributed by atoms with Gasteiger partial charge in [-0.25, -0.2) is 13.2 Å². The molecule has 0 saturated heterocycles. The van der Waals surface area contributed by atoms with Gasteiger partial charge in [0.15, 0.2) is 17.4 Å². The molecule has 2 aromatic heterocycles. The van der Waals surface area contributed by atoms with Crippen LogP contribution in [-0.4, -0.2) is 22.5 Å². The number of carbonyl (C=O) groups excluding carboxylic acids is 1. The first-order chi connectivity index (χ1) is 17.3. The van der Waals surface area contributed by atoms with Crippen molar-refractivity contribution in [1.29, 1.82) is 0 Å². The molecule has 0 fully saturated rings. The zero-order valence-corrected chi connectivity index (χ0v) is 20.2. The van der Waals surface area contributed by atoms with Gasteiger partial charge in [0, 0.05) is 42.5 Å². The second-order valence-electron chi connectivity index (χ2n) is 7.24. The fourth-order valence-corrected chi connectivity index (χ4v) is 3.67. The maximum Gasteiger partial charge on any atom is 0.272 e. The van der Waals surface area contributed by atoms with Gasteiger partial charge in [0.1, 0.15) is 22.9 Å². The van der Waals surface area contributed by atoms with Crippen LogP contribution in [0, 0.1) is 17.5 Å². The molecule has 1 amide bonds. The third-order valence-corrected chi connectivity index (χ3v) is 5.52. The summed E-state index contributed by atoms with van der Waals surface area (Å²) in [5.41, 5.74) is -1.79. The first kappa shape index (κ1) is 25.0. The number of carbonyl (C=O) groups is 1. The lowest BCUT2D eigenvalue weighted by atomic mass is 10.1. The number of aromatic nitrogens is 2. The second kappa shape index (κ2) is 10.6. The van der Waals surface area contributed by atoms with Crippen molar-refractivity contribution in [2.24, 2.45) is 0 Å². The van der Waals surface area contributed by atoms with E-state index < -0.39 is 45.9 Å². The highest BCUT2D eigenvalue weighted by atomic mass is 79.9. The molecule has 0 aliphatic rings. The normalized spacial score (nSPS) is 10.7. The fourth-order valence-electron chi connectivity index (χ4n) is 3.34. The molecule has 0 aliphatic heterocycles. The van der Waals surface area contributed by atoms with Crippen molar-refractivity contribution in [3.05, 3.63) is 105 Å². The topological polar surface area (TPSA) is 84.5 Å². The zero-order valence-electron chi connectivity index (χ0n) is 18.6. The zero-order chi connectivity index (χ0) is 25.8. The molecule has 0 unspecified atom stereocenters. The molecule has 7 nitrogen and oxygen atoms in total. The Morgan fingerprint density at radius 3 is 2.47 bits per heavy atom. The van der Waals surface area contributed by atoms with Gasteiger partial charge in [-0.2, -0.15) is 0 Å². The van der Waals surface area contributed by atoms with Crippen LogP contribution in [-0.2, 0) is 0 Å². The molecule has 0 bridgehead atoms. The SMILES string of the molecule is CCOc1cc[nH]c(=O)c1C(=O)N(c1ccc(F)cc1)c1cc(F)c(Oc2ccncc2Br)cc1F. The Balaban J connectivity index is 1.85. The number of H-pyrrole nitrogens is 1. The number of aromatic amines is 1. The second-order valence-corrected chi connectivity index (χ2v) is 8.09. The van der Waals surface area contributed by atoms with E-state index in [1.807, 2.05) is 0 Å². The summed E-state index contributed by atoms with van der Waals surface area (Å²) in [6, 6.07) is 8.80. The maximum atomic E-state index is 15.4. The monoisotopic (exact) mass is 559 g/mol. The number of pyridine rings is 2. The number of hydrogen-bond donors (Lipinski definition) is 1. The Morgan fingerprint density at radius 1 is 1.03 bits per heavy atom. The van der Waals surface area contributed by atoms with Crippen molar-refractivity contribution in [3.8, 4) is 17.2 Å². The smallest absolute Gasteiger partial charge is 0.272 e. The Hall–Kier alpha value is -4.12. The van der Waals surface area contributed by atoms with Crippen molar-refractivity contribution in [2.45, 2.75) is 6.92 Å². The third-order valence-electron chi connectivity index (χ3n) is 4.92. The molecular weight excluding hydrogens is 543 g/mol. The quantitative estimate of drug-likeness (QED) is 0.295. The van der Waals surface area contributed by atoms with Crippen molar-refractivity contribution < 1.29 is 27.4 Å². The molecule has 0 aliphatic carbocycles. The van der Waals surface area contributed by atoms with Crippen LogP contribution in [0.2, 0.25) is 0 Å². The van der Waals surface area contributed by atoms with Crippen molar-refractivity contribution in [2.75, 3.05) is 11.5 Å². The number of hydrogen-bond acceptors (Lipinski definition) is 5. The molecule has 184 valence electrons. The van der Waals surface area contributed by atoms with Gasteiger partial charge in [0.2, 0.25) is 0 Å². The fraction of sp³-hybridized carbons (Fsp3) is 0.0800. The van der Waals surface area contributed by atoms with Crippen molar-refractivity contribution in [1.82, 2.24) is 9.97 Å². The number of rotatable bonds is 7. The van der Waals surface area contributed by atoms with Gasteiger partial charge in [-0.15, -0.1) is 0 Å². The molecule has 0 atom stereocenters. The molecule has 11 heteroatoms. The molecule has 2 heterocycles. The third kappa shape index (κ3) is 5.10. The number of amides is 1. The summed E-state index contributed by atoms with van der Waals surface area (Å²) in [6.45, 7) is 1.79. The molecule has 0 radical (unpaired) electrons. The number of ether oxygens (including phenoxy) is 2. The summed E-state index contributed by atoms with van der Waals surface area (Å²) in [5.74, 6) is -4.00. The molecule has 4 rings (SSSR count). The number of nitrogens with one attached hydrogen (secondary N) is 1. The molecule has 2 aromatic carbocycles. The molecule has 36 heavy (non-hydrogen) atoms. The molecule has 4 aromatic rings. The van der Waals surface area contributed by atoms with E-state index in [4.69, 9.17) is 9.47 Å². The van der Waals surface area contributed by atoms with Gasteiger partial charge in [0.25, 0.3) is 11.5 Å². The van der Waals surface area contributed by atoms with Crippen LogP contribution in [0.15, 0.2) is 76.4 Å². The van der Waals surface area contributed by atoms with Gasteiger partial charge in [-0.05, 0) is 53.2 Å². The Labute approximate surface area is 211 Å². The van der Waals surface area contributed by atoms with Crippen LogP contribution in [0.25, 0.3) is 0 Å². The van der Waals surface area contributed by atoms with Gasteiger partial charge < -0.3 is 14.5 Å². The molecule has 1 N–H and O–H groups in total. The van der Waals surface area contributed by atoms with Crippen molar-refractivity contribution >= 4 is 33.2 Å². The minimum atomic E-state index is -1.04. The van der Waals surface area contributed by atoms with Crippen LogP contribution in [0.5, 0.6) is 17.2 Å². The lowest BCUT2D eigenvalue weighted by Crippen LogP contribution is -2.32. The molecule has 0 spiro atoms. The predicted molar refractivity (Wildman–Crippen MR) is 129 cm³/mol. The van der Waals surface area contributed by atoms with E-state index in [2.05, 4.69) is 25.9 Å². The van der Waals surface area contributed by atoms with E-state index in [0.29, 0.717) is 4.47 Å². The Bertz CT molecular complexity index is 1480. The predicted octanol–water partition coefficient (Wildman–Crippen LogP) is 6.12. The van der Waals surface area contributed by atoms with Crippen LogP contribution in [0.4, 0.5) is 24.5 Å². The van der Waals surface area contributed by atoms with Gasteiger partial charge in [-0.3, -0.25) is 19.5 Å². The van der Waals surface area contributed by atoms with Gasteiger partial charge in [-0.1, -0.05) is 0 Å². The highest BCUT2D eigenvalue weighted by Gasteiger charge is 2.29. The molecule has 0 saturated carbocycles. The van der Waals surface area contributed by atoms with Crippen LogP contribution >= 0.6 is 15.9 Å². The average molecular weight is 560 g/mol. The summed E-state index contributed by atoms with van der Waals surface area (Å²) < 4.78 is 55.4. The van der Waals surface area contributed by atoms with Crippen LogP contribution in [0.1, 0.15) is 17.3 Å². The summed E-state index contributed by atoms with van der Waals surface area (Å²) in [4.78, 5) is 33.2. The van der Waals surface area contributed by atoms with E-state index in [1.54, 1.807) is 6.92 Å². The van der Waals surface area contributed by atoms with E-state index in [-0.39, 0.29) is 23.8 Å². The maximum absolute atomic E-state index is 15.4. The summed E-state index contributed by atoms with van der Waals surface area (Å²) in [7, 11) is 0. The summed E-state index contributed by atoms with van der Waals surface area (Å²) >= 11 is 3.21. The van der Waals surface area contributed by atoms with E-state index >= 15 is 8.78 Å². The largest absolute Gasteiger partial charge is 0.493 e. The van der Waals surface area contributed by atoms with Crippen LogP contribution < -0.4 is 19.9 Å². The average Bonchev–Trinajstić information content (AvgIpc) is 2.85. The standard InChI is InChI=1S/C25H17BrF3N3O4/c1-2-35-21-8-10-31-24(33)23(21)25(34)32(15-5-3-14(27)4-6-15)19-11-18(29)22(12-17(19)28)36-20-7-9-30-13-16(20)26/h3-13H,2H2,1H3,(H,31,33). The minimum absolute atomic E-state index is 0.0176. The first-order valence-corrected chi connectivity index (χ1v) is 11.3. The lowest BCUT2D eigenvalue weighted by Gasteiger charge is -2.24. The first-order valence-electron chi connectivity index (χ1n) is 10.5. The van der Waals surface area contributed by atoms with Gasteiger partial charge >= 0.3 is 0 Å². The van der Waals surface area contributed by atoms with Crippen LogP contribution in [0.3, 0.4) is 0 Å². The number of halogens is 4.